The minimum atomic E-state index is -0.0128. The van der Waals surface area contributed by atoms with Gasteiger partial charge in [-0.1, -0.05) is 29.8 Å². The number of nitrogens with zero attached hydrogens (tertiary/aromatic N) is 1. The van der Waals surface area contributed by atoms with Gasteiger partial charge in [-0.05, 0) is 29.3 Å². The van der Waals surface area contributed by atoms with E-state index in [-0.39, 0.29) is 5.91 Å². The predicted molar refractivity (Wildman–Crippen MR) is 71.2 cm³/mol. The Hall–Kier alpha value is -1.87. The molecular weight excluding hydrogens is 248 g/mol. The molecule has 0 radical (unpaired) electrons. The Balaban J connectivity index is 1.84. The monoisotopic (exact) mass is 260 g/mol. The summed E-state index contributed by atoms with van der Waals surface area (Å²) in [5.74, 6) is -0.0128. The van der Waals surface area contributed by atoms with E-state index in [2.05, 4.69) is 10.3 Å². The lowest BCUT2D eigenvalue weighted by atomic mass is 10.1. The maximum absolute atomic E-state index is 11.7. The van der Waals surface area contributed by atoms with Crippen molar-refractivity contribution in [2.45, 2.75) is 13.0 Å². The van der Waals surface area contributed by atoms with Crippen LogP contribution in [0.15, 0.2) is 48.8 Å². The minimum Gasteiger partial charge on any atom is -0.352 e. The van der Waals surface area contributed by atoms with Crippen molar-refractivity contribution in [2.75, 3.05) is 0 Å². The van der Waals surface area contributed by atoms with Gasteiger partial charge in [0.05, 0.1) is 6.42 Å². The summed E-state index contributed by atoms with van der Waals surface area (Å²) in [4.78, 5) is 15.7. The molecule has 1 N–H and O–H groups in total. The number of nitrogens with one attached hydrogen (secondary N) is 1. The van der Waals surface area contributed by atoms with Gasteiger partial charge in [-0.3, -0.25) is 9.78 Å². The van der Waals surface area contributed by atoms with E-state index in [0.29, 0.717) is 18.0 Å². The van der Waals surface area contributed by atoms with Gasteiger partial charge < -0.3 is 5.32 Å². The summed E-state index contributed by atoms with van der Waals surface area (Å²) in [5, 5.41) is 3.53. The van der Waals surface area contributed by atoms with E-state index in [1.807, 2.05) is 24.3 Å². The fraction of sp³-hybridized carbons (Fsp3) is 0.143. The highest BCUT2D eigenvalue weighted by Gasteiger charge is 2.03. The third-order valence-corrected chi connectivity index (χ3v) is 2.74. The summed E-state index contributed by atoms with van der Waals surface area (Å²) >= 11 is 5.78. The highest BCUT2D eigenvalue weighted by Crippen LogP contribution is 2.09. The maximum Gasteiger partial charge on any atom is 0.224 e. The highest BCUT2D eigenvalue weighted by atomic mass is 35.5. The molecule has 3 nitrogen and oxygen atoms in total. The maximum atomic E-state index is 11.7. The van der Waals surface area contributed by atoms with Crippen LogP contribution in [0.2, 0.25) is 5.02 Å². The fourth-order valence-electron chi connectivity index (χ4n) is 1.55. The molecule has 0 saturated heterocycles. The molecule has 0 unspecified atom stereocenters. The molecule has 0 aliphatic rings. The van der Waals surface area contributed by atoms with Crippen LogP contribution >= 0.6 is 11.6 Å². The molecule has 0 atom stereocenters. The largest absolute Gasteiger partial charge is 0.352 e. The number of carbonyl (C=O) groups excluding carboxylic acids is 1. The van der Waals surface area contributed by atoms with Crippen molar-refractivity contribution in [2.24, 2.45) is 0 Å². The molecule has 0 spiro atoms. The molecule has 1 aromatic heterocycles. The average Bonchev–Trinajstić information content (AvgIpc) is 2.40. The molecule has 4 heteroatoms. The Morgan fingerprint density at radius 1 is 1.17 bits per heavy atom. The Bertz CT molecular complexity index is 511. The second kappa shape index (κ2) is 6.17. The lowest BCUT2D eigenvalue weighted by molar-refractivity contribution is -0.120. The van der Waals surface area contributed by atoms with E-state index < -0.39 is 0 Å². The molecule has 0 aliphatic carbocycles. The zero-order valence-electron chi connectivity index (χ0n) is 9.77. The fourth-order valence-corrected chi connectivity index (χ4v) is 1.68. The van der Waals surface area contributed by atoms with Crippen LogP contribution in [0.4, 0.5) is 0 Å². The third-order valence-electron chi connectivity index (χ3n) is 2.49. The van der Waals surface area contributed by atoms with Crippen LogP contribution in [-0.4, -0.2) is 10.9 Å². The number of benzene rings is 1. The van der Waals surface area contributed by atoms with Gasteiger partial charge in [0, 0.05) is 24.0 Å². The molecule has 0 bridgehead atoms. The van der Waals surface area contributed by atoms with Gasteiger partial charge in [0.1, 0.15) is 0 Å². The van der Waals surface area contributed by atoms with Crippen LogP contribution in [0.25, 0.3) is 0 Å². The summed E-state index contributed by atoms with van der Waals surface area (Å²) in [6.45, 7) is 0.500. The zero-order chi connectivity index (χ0) is 12.8. The summed E-state index contributed by atoms with van der Waals surface area (Å²) < 4.78 is 0. The Kier molecular flexibility index (Phi) is 4.31. The average molecular weight is 261 g/mol. The van der Waals surface area contributed by atoms with E-state index in [1.54, 1.807) is 24.5 Å². The highest BCUT2D eigenvalue weighted by molar-refractivity contribution is 6.30. The van der Waals surface area contributed by atoms with Crippen LogP contribution < -0.4 is 5.32 Å². The van der Waals surface area contributed by atoms with E-state index in [9.17, 15) is 4.79 Å². The van der Waals surface area contributed by atoms with Gasteiger partial charge in [0.2, 0.25) is 5.91 Å². The van der Waals surface area contributed by atoms with Crippen molar-refractivity contribution >= 4 is 17.5 Å². The molecule has 0 saturated carbocycles. The first-order valence-corrected chi connectivity index (χ1v) is 6.02. The van der Waals surface area contributed by atoms with Gasteiger partial charge >= 0.3 is 0 Å². The standard InChI is InChI=1S/C14H13ClN2O/c15-13-5-3-11(4-6-13)8-14(18)17-10-12-2-1-7-16-9-12/h1-7,9H,8,10H2,(H,17,18). The summed E-state index contributed by atoms with van der Waals surface area (Å²) in [6.07, 6.45) is 3.80. The topological polar surface area (TPSA) is 42.0 Å². The summed E-state index contributed by atoms with van der Waals surface area (Å²) in [7, 11) is 0. The lowest BCUT2D eigenvalue weighted by Gasteiger charge is -2.05. The number of amides is 1. The van der Waals surface area contributed by atoms with Crippen LogP contribution in [0, 0.1) is 0 Å². The number of halogens is 1. The number of pyridine rings is 1. The first-order chi connectivity index (χ1) is 8.74. The summed E-state index contributed by atoms with van der Waals surface area (Å²) in [5.41, 5.74) is 1.94. The quantitative estimate of drug-likeness (QED) is 0.918. The molecule has 0 aliphatic heterocycles. The van der Waals surface area contributed by atoms with Crippen molar-refractivity contribution in [3.63, 3.8) is 0 Å². The first kappa shape index (κ1) is 12.6. The summed E-state index contributed by atoms with van der Waals surface area (Å²) in [6, 6.07) is 11.0. The molecule has 1 amide bonds. The van der Waals surface area contributed by atoms with Crippen LogP contribution in [0.5, 0.6) is 0 Å². The van der Waals surface area contributed by atoms with Crippen LogP contribution in [-0.2, 0) is 17.8 Å². The molecule has 18 heavy (non-hydrogen) atoms. The second-order valence-corrected chi connectivity index (χ2v) is 4.38. The van der Waals surface area contributed by atoms with Crippen molar-refractivity contribution < 1.29 is 4.79 Å². The van der Waals surface area contributed by atoms with Crippen LogP contribution in [0.1, 0.15) is 11.1 Å². The zero-order valence-corrected chi connectivity index (χ0v) is 10.5. The van der Waals surface area contributed by atoms with Crippen molar-refractivity contribution in [1.29, 1.82) is 0 Å². The van der Waals surface area contributed by atoms with Crippen molar-refractivity contribution in [1.82, 2.24) is 10.3 Å². The van der Waals surface area contributed by atoms with Gasteiger partial charge in [-0.2, -0.15) is 0 Å². The van der Waals surface area contributed by atoms with E-state index in [4.69, 9.17) is 11.6 Å². The normalized spacial score (nSPS) is 10.1. The van der Waals surface area contributed by atoms with Gasteiger partial charge in [0.25, 0.3) is 0 Å². The Morgan fingerprint density at radius 2 is 1.94 bits per heavy atom. The second-order valence-electron chi connectivity index (χ2n) is 3.94. The lowest BCUT2D eigenvalue weighted by Crippen LogP contribution is -2.24. The first-order valence-electron chi connectivity index (χ1n) is 5.64. The number of rotatable bonds is 4. The molecular formula is C14H13ClN2O. The molecule has 0 fully saturated rings. The molecule has 92 valence electrons. The molecule has 2 aromatic rings. The number of aromatic nitrogens is 1. The number of carbonyl (C=O) groups is 1. The Morgan fingerprint density at radius 3 is 2.61 bits per heavy atom. The number of hydrogen-bond acceptors (Lipinski definition) is 2. The third kappa shape index (κ3) is 3.86. The van der Waals surface area contributed by atoms with Crippen molar-refractivity contribution in [3.05, 3.63) is 64.9 Å². The van der Waals surface area contributed by atoms with Crippen LogP contribution in [0.3, 0.4) is 0 Å². The van der Waals surface area contributed by atoms with E-state index >= 15 is 0 Å². The molecule has 2 rings (SSSR count). The van der Waals surface area contributed by atoms with E-state index in [1.165, 1.54) is 0 Å². The Labute approximate surface area is 111 Å². The molecule has 1 aromatic carbocycles. The smallest absolute Gasteiger partial charge is 0.224 e. The van der Waals surface area contributed by atoms with Crippen molar-refractivity contribution in [3.8, 4) is 0 Å². The predicted octanol–water partition coefficient (Wildman–Crippen LogP) is 2.59. The van der Waals surface area contributed by atoms with Gasteiger partial charge in [0.15, 0.2) is 0 Å². The number of hydrogen-bond donors (Lipinski definition) is 1. The van der Waals surface area contributed by atoms with Gasteiger partial charge in [-0.25, -0.2) is 0 Å². The van der Waals surface area contributed by atoms with Gasteiger partial charge in [-0.15, -0.1) is 0 Å². The van der Waals surface area contributed by atoms with E-state index in [0.717, 1.165) is 11.1 Å². The molecule has 1 heterocycles. The SMILES string of the molecule is O=C(Cc1ccc(Cl)cc1)NCc1cccnc1. The minimum absolute atomic E-state index is 0.0128.